The van der Waals surface area contributed by atoms with Crippen LogP contribution in [0.4, 0.5) is 0 Å². The molecule has 0 aromatic heterocycles. The van der Waals surface area contributed by atoms with Crippen molar-refractivity contribution in [2.75, 3.05) is 6.54 Å². The van der Waals surface area contributed by atoms with Crippen LogP contribution in [0.5, 0.6) is 5.75 Å². The van der Waals surface area contributed by atoms with Crippen molar-refractivity contribution in [2.24, 2.45) is 5.41 Å². The molecule has 1 aromatic carbocycles. The molecule has 1 aromatic rings. The first-order valence-corrected chi connectivity index (χ1v) is 6.49. The minimum Gasteiger partial charge on any atom is -0.506 e. The SMILES string of the molecule is CCC(C)(C)CNCc1cc(Cl)cc(Cl)c1O. The molecular formula is C13H19Cl2NO. The number of phenols is 1. The minimum absolute atomic E-state index is 0.109. The highest BCUT2D eigenvalue weighted by atomic mass is 35.5. The van der Waals surface area contributed by atoms with Crippen LogP contribution in [0.2, 0.25) is 10.0 Å². The van der Waals surface area contributed by atoms with Crippen molar-refractivity contribution in [3.05, 3.63) is 27.7 Å². The van der Waals surface area contributed by atoms with Crippen LogP contribution in [-0.2, 0) is 6.54 Å². The monoisotopic (exact) mass is 275 g/mol. The number of rotatable bonds is 5. The third kappa shape index (κ3) is 4.38. The first-order chi connectivity index (χ1) is 7.85. The van der Waals surface area contributed by atoms with E-state index in [1.807, 2.05) is 0 Å². The maximum Gasteiger partial charge on any atom is 0.138 e. The highest BCUT2D eigenvalue weighted by Gasteiger charge is 2.15. The molecule has 0 radical (unpaired) electrons. The summed E-state index contributed by atoms with van der Waals surface area (Å²) in [4.78, 5) is 0. The van der Waals surface area contributed by atoms with Gasteiger partial charge >= 0.3 is 0 Å². The molecule has 0 atom stereocenters. The van der Waals surface area contributed by atoms with E-state index in [9.17, 15) is 5.11 Å². The predicted molar refractivity (Wildman–Crippen MR) is 73.9 cm³/mol. The molecule has 0 unspecified atom stereocenters. The summed E-state index contributed by atoms with van der Waals surface area (Å²) >= 11 is 11.7. The Morgan fingerprint density at radius 2 is 1.94 bits per heavy atom. The van der Waals surface area contributed by atoms with Crippen LogP contribution in [-0.4, -0.2) is 11.7 Å². The number of halogens is 2. The van der Waals surface area contributed by atoms with Gasteiger partial charge in [-0.15, -0.1) is 0 Å². The van der Waals surface area contributed by atoms with Crippen LogP contribution in [0.15, 0.2) is 12.1 Å². The quantitative estimate of drug-likeness (QED) is 0.843. The van der Waals surface area contributed by atoms with E-state index in [0.717, 1.165) is 18.5 Å². The van der Waals surface area contributed by atoms with Gasteiger partial charge in [-0.05, 0) is 24.0 Å². The molecule has 0 saturated heterocycles. The van der Waals surface area contributed by atoms with Gasteiger partial charge in [0.25, 0.3) is 0 Å². The van der Waals surface area contributed by atoms with Crippen molar-refractivity contribution in [3.8, 4) is 5.75 Å². The summed E-state index contributed by atoms with van der Waals surface area (Å²) in [6.07, 6.45) is 1.10. The molecule has 0 amide bonds. The average molecular weight is 276 g/mol. The summed E-state index contributed by atoms with van der Waals surface area (Å²) in [5.74, 6) is 0.109. The molecule has 96 valence electrons. The van der Waals surface area contributed by atoms with E-state index in [1.165, 1.54) is 6.07 Å². The Morgan fingerprint density at radius 1 is 1.29 bits per heavy atom. The molecule has 0 spiro atoms. The van der Waals surface area contributed by atoms with Crippen LogP contribution >= 0.6 is 23.2 Å². The average Bonchev–Trinajstić information content (AvgIpc) is 2.24. The van der Waals surface area contributed by atoms with E-state index in [2.05, 4.69) is 26.1 Å². The Bertz CT molecular complexity index is 391. The highest BCUT2D eigenvalue weighted by molar-refractivity contribution is 6.35. The Labute approximate surface area is 113 Å². The third-order valence-electron chi connectivity index (χ3n) is 2.98. The van der Waals surface area contributed by atoms with Crippen molar-refractivity contribution in [3.63, 3.8) is 0 Å². The molecule has 0 saturated carbocycles. The van der Waals surface area contributed by atoms with Crippen molar-refractivity contribution < 1.29 is 5.11 Å². The number of benzene rings is 1. The second-order valence-electron chi connectivity index (χ2n) is 5.02. The summed E-state index contributed by atoms with van der Waals surface area (Å²) in [7, 11) is 0. The normalized spacial score (nSPS) is 11.8. The van der Waals surface area contributed by atoms with Gasteiger partial charge in [-0.2, -0.15) is 0 Å². The lowest BCUT2D eigenvalue weighted by Crippen LogP contribution is -2.28. The van der Waals surface area contributed by atoms with E-state index >= 15 is 0 Å². The number of nitrogens with one attached hydrogen (secondary N) is 1. The summed E-state index contributed by atoms with van der Waals surface area (Å²) in [6, 6.07) is 3.27. The van der Waals surface area contributed by atoms with Crippen LogP contribution in [0.3, 0.4) is 0 Å². The van der Waals surface area contributed by atoms with Crippen LogP contribution < -0.4 is 5.32 Å². The maximum absolute atomic E-state index is 9.78. The molecular weight excluding hydrogens is 257 g/mol. The molecule has 2 N–H and O–H groups in total. The van der Waals surface area contributed by atoms with Gasteiger partial charge < -0.3 is 10.4 Å². The zero-order chi connectivity index (χ0) is 13.1. The van der Waals surface area contributed by atoms with E-state index < -0.39 is 0 Å². The molecule has 0 aliphatic heterocycles. The molecule has 0 aliphatic rings. The van der Waals surface area contributed by atoms with Crippen molar-refractivity contribution in [1.29, 1.82) is 0 Å². The number of aromatic hydroxyl groups is 1. The van der Waals surface area contributed by atoms with Crippen LogP contribution in [0.25, 0.3) is 0 Å². The Morgan fingerprint density at radius 3 is 2.53 bits per heavy atom. The second-order valence-corrected chi connectivity index (χ2v) is 5.86. The maximum atomic E-state index is 9.78. The fraction of sp³-hybridized carbons (Fsp3) is 0.538. The molecule has 0 fully saturated rings. The summed E-state index contributed by atoms with van der Waals surface area (Å²) in [5.41, 5.74) is 0.979. The molecule has 0 aliphatic carbocycles. The summed E-state index contributed by atoms with van der Waals surface area (Å²) in [6.45, 7) is 8.01. The van der Waals surface area contributed by atoms with Crippen LogP contribution in [0, 0.1) is 5.41 Å². The minimum atomic E-state index is 0.109. The molecule has 0 bridgehead atoms. The zero-order valence-electron chi connectivity index (χ0n) is 10.5. The molecule has 1 rings (SSSR count). The van der Waals surface area contributed by atoms with Crippen molar-refractivity contribution in [1.82, 2.24) is 5.32 Å². The third-order valence-corrected chi connectivity index (χ3v) is 3.49. The predicted octanol–water partition coefficient (Wildman–Crippen LogP) is 4.22. The molecule has 0 heterocycles. The van der Waals surface area contributed by atoms with E-state index in [1.54, 1.807) is 6.07 Å². The highest BCUT2D eigenvalue weighted by Crippen LogP contribution is 2.31. The van der Waals surface area contributed by atoms with E-state index in [-0.39, 0.29) is 11.2 Å². The van der Waals surface area contributed by atoms with E-state index in [0.29, 0.717) is 16.6 Å². The summed E-state index contributed by atoms with van der Waals surface area (Å²) < 4.78 is 0. The van der Waals surface area contributed by atoms with Gasteiger partial charge in [0.2, 0.25) is 0 Å². The topological polar surface area (TPSA) is 32.3 Å². The van der Waals surface area contributed by atoms with Crippen LogP contribution in [0.1, 0.15) is 32.8 Å². The Balaban J connectivity index is 2.64. The molecule has 2 nitrogen and oxygen atoms in total. The smallest absolute Gasteiger partial charge is 0.138 e. The Kier molecular flexibility index (Phi) is 5.11. The second kappa shape index (κ2) is 5.94. The van der Waals surface area contributed by atoms with Gasteiger partial charge in [0.15, 0.2) is 0 Å². The molecule has 4 heteroatoms. The van der Waals surface area contributed by atoms with Gasteiger partial charge in [0.05, 0.1) is 5.02 Å². The lowest BCUT2D eigenvalue weighted by atomic mass is 9.90. The fourth-order valence-electron chi connectivity index (χ4n) is 1.41. The molecule has 17 heavy (non-hydrogen) atoms. The van der Waals surface area contributed by atoms with Gasteiger partial charge in [0, 0.05) is 23.7 Å². The number of hydrogen-bond donors (Lipinski definition) is 2. The Hall–Kier alpha value is -0.440. The number of hydrogen-bond acceptors (Lipinski definition) is 2. The van der Waals surface area contributed by atoms with Crippen molar-refractivity contribution >= 4 is 23.2 Å². The van der Waals surface area contributed by atoms with Gasteiger partial charge in [-0.25, -0.2) is 0 Å². The van der Waals surface area contributed by atoms with Gasteiger partial charge in [0.1, 0.15) is 5.75 Å². The fourth-order valence-corrected chi connectivity index (χ4v) is 1.95. The van der Waals surface area contributed by atoms with Crippen molar-refractivity contribution in [2.45, 2.75) is 33.7 Å². The van der Waals surface area contributed by atoms with Gasteiger partial charge in [-0.1, -0.05) is 44.0 Å². The lowest BCUT2D eigenvalue weighted by Gasteiger charge is -2.23. The van der Waals surface area contributed by atoms with Gasteiger partial charge in [-0.3, -0.25) is 0 Å². The lowest BCUT2D eigenvalue weighted by molar-refractivity contribution is 0.326. The first kappa shape index (κ1) is 14.6. The summed E-state index contributed by atoms with van der Waals surface area (Å²) in [5, 5.41) is 13.9. The number of phenolic OH excluding ortho intramolecular Hbond substituents is 1. The largest absolute Gasteiger partial charge is 0.506 e. The van der Waals surface area contributed by atoms with E-state index in [4.69, 9.17) is 23.2 Å². The first-order valence-electron chi connectivity index (χ1n) is 5.73. The standard InChI is InChI=1S/C13H19Cl2NO/c1-4-13(2,3)8-16-7-9-5-10(14)6-11(15)12(9)17/h5-6,16-17H,4,7-8H2,1-3H3. The zero-order valence-corrected chi connectivity index (χ0v) is 12.0.